The SMILES string of the molecule is Cc1nc(C)c(C(C)NCc2sccc2Br)s1. The Hall–Kier alpha value is -0.230. The Morgan fingerprint density at radius 1 is 1.47 bits per heavy atom. The number of aromatic nitrogens is 1. The number of nitrogens with one attached hydrogen (secondary N) is 1. The molecule has 0 aliphatic heterocycles. The smallest absolute Gasteiger partial charge is 0.0900 e. The number of nitrogens with zero attached hydrogens (tertiary/aromatic N) is 1. The van der Waals surface area contributed by atoms with Gasteiger partial charge in [0.2, 0.25) is 0 Å². The Bertz CT molecular complexity index is 504. The number of aryl methyl sites for hydroxylation is 2. The highest BCUT2D eigenvalue weighted by Gasteiger charge is 2.13. The van der Waals surface area contributed by atoms with E-state index in [4.69, 9.17) is 0 Å². The number of thiophene rings is 1. The lowest BCUT2D eigenvalue weighted by Gasteiger charge is -2.12. The largest absolute Gasteiger partial charge is 0.304 e. The van der Waals surface area contributed by atoms with Gasteiger partial charge in [-0.25, -0.2) is 4.98 Å². The third-order valence-electron chi connectivity index (χ3n) is 2.59. The molecule has 0 aliphatic rings. The Balaban J connectivity index is 2.00. The molecule has 0 fully saturated rings. The van der Waals surface area contributed by atoms with Gasteiger partial charge in [0.25, 0.3) is 0 Å². The highest BCUT2D eigenvalue weighted by molar-refractivity contribution is 9.10. The van der Waals surface area contributed by atoms with E-state index in [2.05, 4.69) is 58.4 Å². The van der Waals surface area contributed by atoms with Gasteiger partial charge in [-0.15, -0.1) is 22.7 Å². The molecule has 17 heavy (non-hydrogen) atoms. The normalized spacial score (nSPS) is 12.9. The van der Waals surface area contributed by atoms with Crippen molar-refractivity contribution in [3.05, 3.63) is 36.4 Å². The van der Waals surface area contributed by atoms with Gasteiger partial charge in [0.05, 0.1) is 10.7 Å². The predicted molar refractivity (Wildman–Crippen MR) is 78.9 cm³/mol. The highest BCUT2D eigenvalue weighted by atomic mass is 79.9. The van der Waals surface area contributed by atoms with Gasteiger partial charge in [-0.05, 0) is 48.1 Å². The van der Waals surface area contributed by atoms with Crippen molar-refractivity contribution >= 4 is 38.6 Å². The molecule has 2 aromatic heterocycles. The van der Waals surface area contributed by atoms with Gasteiger partial charge < -0.3 is 5.32 Å². The zero-order valence-corrected chi connectivity index (χ0v) is 13.3. The van der Waals surface area contributed by atoms with Gasteiger partial charge in [-0.1, -0.05) is 0 Å². The van der Waals surface area contributed by atoms with Gasteiger partial charge in [-0.2, -0.15) is 0 Å². The summed E-state index contributed by atoms with van der Waals surface area (Å²) in [5, 5.41) is 6.79. The van der Waals surface area contributed by atoms with Gasteiger partial charge in [0.1, 0.15) is 0 Å². The van der Waals surface area contributed by atoms with Crippen molar-refractivity contribution in [2.75, 3.05) is 0 Å². The van der Waals surface area contributed by atoms with E-state index in [1.54, 1.807) is 22.7 Å². The van der Waals surface area contributed by atoms with Crippen LogP contribution in [0.1, 0.15) is 33.4 Å². The Morgan fingerprint density at radius 3 is 2.76 bits per heavy atom. The van der Waals surface area contributed by atoms with Crippen LogP contribution in [0.4, 0.5) is 0 Å². The van der Waals surface area contributed by atoms with Crippen molar-refractivity contribution in [1.82, 2.24) is 10.3 Å². The fourth-order valence-electron chi connectivity index (χ4n) is 1.74. The van der Waals surface area contributed by atoms with Crippen molar-refractivity contribution in [3.8, 4) is 0 Å². The predicted octanol–water partition coefficient (Wildman–Crippen LogP) is 4.43. The minimum Gasteiger partial charge on any atom is -0.304 e. The molecule has 0 bridgehead atoms. The van der Waals surface area contributed by atoms with Gasteiger partial charge in [-0.3, -0.25) is 0 Å². The summed E-state index contributed by atoms with van der Waals surface area (Å²) in [5.74, 6) is 0. The average Bonchev–Trinajstić information content (AvgIpc) is 2.81. The van der Waals surface area contributed by atoms with Crippen LogP contribution in [0.15, 0.2) is 15.9 Å². The molecule has 0 saturated carbocycles. The first-order valence-corrected chi connectivity index (χ1v) is 7.96. The molecule has 0 spiro atoms. The molecule has 2 nitrogen and oxygen atoms in total. The quantitative estimate of drug-likeness (QED) is 0.896. The summed E-state index contributed by atoms with van der Waals surface area (Å²) in [7, 11) is 0. The Labute approximate surface area is 118 Å². The Morgan fingerprint density at radius 2 is 2.24 bits per heavy atom. The number of thiazole rings is 1. The van der Waals surface area contributed by atoms with Crippen molar-refractivity contribution in [2.45, 2.75) is 33.4 Å². The van der Waals surface area contributed by atoms with Crippen LogP contribution in [-0.2, 0) is 6.54 Å². The molecule has 1 atom stereocenters. The van der Waals surface area contributed by atoms with E-state index in [0.29, 0.717) is 6.04 Å². The van der Waals surface area contributed by atoms with Crippen LogP contribution in [0.2, 0.25) is 0 Å². The van der Waals surface area contributed by atoms with Crippen LogP contribution < -0.4 is 5.32 Å². The summed E-state index contributed by atoms with van der Waals surface area (Å²) < 4.78 is 1.19. The molecule has 0 aliphatic carbocycles. The third kappa shape index (κ3) is 3.16. The van der Waals surface area contributed by atoms with E-state index >= 15 is 0 Å². The second-order valence-corrected chi connectivity index (χ2v) is 7.07. The minimum absolute atomic E-state index is 0.357. The number of halogens is 1. The van der Waals surface area contributed by atoms with Crippen LogP contribution >= 0.6 is 38.6 Å². The van der Waals surface area contributed by atoms with E-state index in [0.717, 1.165) is 17.2 Å². The van der Waals surface area contributed by atoms with Crippen LogP contribution in [0, 0.1) is 13.8 Å². The second kappa shape index (κ2) is 5.61. The molecular weight excluding hydrogens is 316 g/mol. The molecule has 1 unspecified atom stereocenters. The van der Waals surface area contributed by atoms with Gasteiger partial charge >= 0.3 is 0 Å². The molecule has 0 amide bonds. The van der Waals surface area contributed by atoms with Crippen molar-refractivity contribution in [1.29, 1.82) is 0 Å². The molecule has 2 aromatic rings. The molecule has 5 heteroatoms. The van der Waals surface area contributed by atoms with Crippen LogP contribution in [-0.4, -0.2) is 4.98 Å². The minimum atomic E-state index is 0.357. The number of hydrogen-bond acceptors (Lipinski definition) is 4. The van der Waals surface area contributed by atoms with Gasteiger partial charge in [0.15, 0.2) is 0 Å². The summed E-state index contributed by atoms with van der Waals surface area (Å²) in [6, 6.07) is 2.45. The zero-order chi connectivity index (χ0) is 12.4. The van der Waals surface area contributed by atoms with Crippen molar-refractivity contribution in [3.63, 3.8) is 0 Å². The van der Waals surface area contributed by atoms with E-state index < -0.39 is 0 Å². The molecule has 1 N–H and O–H groups in total. The lowest BCUT2D eigenvalue weighted by Crippen LogP contribution is -2.17. The molecule has 92 valence electrons. The monoisotopic (exact) mass is 330 g/mol. The second-order valence-electron chi connectivity index (χ2n) is 3.98. The average molecular weight is 331 g/mol. The zero-order valence-electron chi connectivity index (χ0n) is 10.1. The molecule has 0 radical (unpaired) electrons. The first kappa shape index (κ1) is 13.2. The first-order valence-electron chi connectivity index (χ1n) is 5.47. The molecule has 0 saturated heterocycles. The molecule has 2 heterocycles. The van der Waals surface area contributed by atoms with Gasteiger partial charge in [0, 0.05) is 26.8 Å². The molecule has 0 aromatic carbocycles. The van der Waals surface area contributed by atoms with Crippen LogP contribution in [0.5, 0.6) is 0 Å². The number of hydrogen-bond donors (Lipinski definition) is 1. The maximum Gasteiger partial charge on any atom is 0.0900 e. The summed E-state index contributed by atoms with van der Waals surface area (Å²) in [6.45, 7) is 7.24. The summed E-state index contributed by atoms with van der Waals surface area (Å²) in [4.78, 5) is 7.15. The van der Waals surface area contributed by atoms with E-state index in [9.17, 15) is 0 Å². The molecular formula is C12H15BrN2S2. The van der Waals surface area contributed by atoms with Crippen LogP contribution in [0.25, 0.3) is 0 Å². The molecule has 2 rings (SSSR count). The third-order valence-corrected chi connectivity index (χ3v) is 5.77. The highest BCUT2D eigenvalue weighted by Crippen LogP contribution is 2.26. The fraction of sp³-hybridized carbons (Fsp3) is 0.417. The Kier molecular flexibility index (Phi) is 4.36. The fourth-order valence-corrected chi connectivity index (χ4v) is 4.14. The summed E-state index contributed by atoms with van der Waals surface area (Å²) >= 11 is 7.11. The van der Waals surface area contributed by atoms with E-state index in [-0.39, 0.29) is 0 Å². The van der Waals surface area contributed by atoms with Crippen LogP contribution in [0.3, 0.4) is 0 Å². The van der Waals surface area contributed by atoms with Crippen molar-refractivity contribution < 1.29 is 0 Å². The lowest BCUT2D eigenvalue weighted by molar-refractivity contribution is 0.583. The number of rotatable bonds is 4. The summed E-state index contributed by atoms with van der Waals surface area (Å²) in [5.41, 5.74) is 1.15. The topological polar surface area (TPSA) is 24.9 Å². The maximum absolute atomic E-state index is 4.47. The van der Waals surface area contributed by atoms with Crippen molar-refractivity contribution in [2.24, 2.45) is 0 Å². The standard InChI is InChI=1S/C12H15BrN2S2/c1-7(12-8(2)15-9(3)17-12)14-6-11-10(13)4-5-16-11/h4-5,7,14H,6H2,1-3H3. The first-order chi connectivity index (χ1) is 8.08. The van der Waals surface area contributed by atoms with E-state index in [1.807, 2.05) is 0 Å². The summed E-state index contributed by atoms with van der Waals surface area (Å²) in [6.07, 6.45) is 0. The lowest BCUT2D eigenvalue weighted by atomic mass is 10.2. The maximum atomic E-state index is 4.47. The van der Waals surface area contributed by atoms with E-state index in [1.165, 1.54) is 14.2 Å².